The van der Waals surface area contributed by atoms with E-state index in [1.54, 1.807) is 6.92 Å². The predicted octanol–water partition coefficient (Wildman–Crippen LogP) is 0.492. The van der Waals surface area contributed by atoms with E-state index in [9.17, 15) is 4.79 Å². The monoisotopic (exact) mass is 231 g/mol. The van der Waals surface area contributed by atoms with Crippen LogP contribution < -0.4 is 5.32 Å². The number of hydrogen-bond donors (Lipinski definition) is 2. The van der Waals surface area contributed by atoms with Crippen molar-refractivity contribution >= 4 is 5.97 Å². The van der Waals surface area contributed by atoms with Crippen molar-refractivity contribution in [3.63, 3.8) is 0 Å². The maximum atomic E-state index is 11.1. The van der Waals surface area contributed by atoms with Gasteiger partial charge in [0.25, 0.3) is 0 Å². The van der Waals surface area contributed by atoms with Crippen LogP contribution in [0.3, 0.4) is 0 Å². The Bertz CT molecular complexity index is 228. The molecule has 0 aromatic carbocycles. The lowest BCUT2D eigenvalue weighted by Crippen LogP contribution is -2.53. The van der Waals surface area contributed by atoms with Gasteiger partial charge < -0.3 is 19.9 Å². The van der Waals surface area contributed by atoms with Crippen molar-refractivity contribution in [2.24, 2.45) is 5.92 Å². The van der Waals surface area contributed by atoms with Gasteiger partial charge in [0, 0.05) is 12.5 Å². The minimum Gasteiger partial charge on any atom is -0.480 e. The summed E-state index contributed by atoms with van der Waals surface area (Å²) >= 11 is 0. The highest BCUT2D eigenvalue weighted by Crippen LogP contribution is 2.13. The molecular weight excluding hydrogens is 210 g/mol. The Labute approximate surface area is 96.1 Å². The lowest BCUT2D eigenvalue weighted by molar-refractivity contribution is -0.147. The number of rotatable bonds is 7. The molecule has 1 aliphatic heterocycles. The van der Waals surface area contributed by atoms with Crippen molar-refractivity contribution in [2.75, 3.05) is 33.0 Å². The summed E-state index contributed by atoms with van der Waals surface area (Å²) in [5.41, 5.74) is -0.992. The van der Waals surface area contributed by atoms with E-state index in [0.717, 1.165) is 19.6 Å². The number of hydrogen-bond acceptors (Lipinski definition) is 4. The molecular formula is C11H21NO4. The molecule has 5 heteroatoms. The highest BCUT2D eigenvalue weighted by atomic mass is 16.5. The highest BCUT2D eigenvalue weighted by Gasteiger charge is 2.32. The van der Waals surface area contributed by atoms with E-state index < -0.39 is 11.5 Å². The van der Waals surface area contributed by atoms with Gasteiger partial charge in [0.15, 0.2) is 0 Å². The van der Waals surface area contributed by atoms with E-state index in [1.165, 1.54) is 0 Å². The van der Waals surface area contributed by atoms with Gasteiger partial charge in [-0.25, -0.2) is 0 Å². The molecule has 0 aliphatic carbocycles. The SMILES string of the molecule is CCNC(C)(COCC1CCOC1)C(=O)O. The van der Waals surface area contributed by atoms with Crippen LogP contribution in [-0.2, 0) is 14.3 Å². The Balaban J connectivity index is 2.29. The Morgan fingerprint density at radius 1 is 1.69 bits per heavy atom. The summed E-state index contributed by atoms with van der Waals surface area (Å²) in [5.74, 6) is -0.461. The first-order valence-corrected chi connectivity index (χ1v) is 5.72. The third-order valence-electron chi connectivity index (χ3n) is 2.81. The summed E-state index contributed by atoms with van der Waals surface area (Å²) in [5, 5.41) is 12.0. The topological polar surface area (TPSA) is 67.8 Å². The van der Waals surface area contributed by atoms with E-state index in [0.29, 0.717) is 19.1 Å². The zero-order valence-electron chi connectivity index (χ0n) is 9.99. The number of likely N-dealkylation sites (N-methyl/N-ethyl adjacent to an activating group) is 1. The lowest BCUT2D eigenvalue weighted by atomic mass is 10.0. The van der Waals surface area contributed by atoms with Gasteiger partial charge in [0.05, 0.1) is 19.8 Å². The van der Waals surface area contributed by atoms with Gasteiger partial charge >= 0.3 is 5.97 Å². The summed E-state index contributed by atoms with van der Waals surface area (Å²) in [6.45, 7) is 6.41. The van der Waals surface area contributed by atoms with Crippen LogP contribution in [-0.4, -0.2) is 49.6 Å². The molecule has 0 amide bonds. The van der Waals surface area contributed by atoms with Crippen molar-refractivity contribution in [3.8, 4) is 0 Å². The second-order valence-electron chi connectivity index (χ2n) is 4.41. The molecule has 1 heterocycles. The average molecular weight is 231 g/mol. The van der Waals surface area contributed by atoms with Gasteiger partial charge in [0.1, 0.15) is 5.54 Å². The zero-order valence-corrected chi connectivity index (χ0v) is 9.99. The van der Waals surface area contributed by atoms with Gasteiger partial charge in [-0.2, -0.15) is 0 Å². The smallest absolute Gasteiger partial charge is 0.326 e. The van der Waals surface area contributed by atoms with Crippen molar-refractivity contribution < 1.29 is 19.4 Å². The van der Waals surface area contributed by atoms with Crippen LogP contribution in [0.1, 0.15) is 20.3 Å². The van der Waals surface area contributed by atoms with Crippen LogP contribution >= 0.6 is 0 Å². The van der Waals surface area contributed by atoms with Crippen LogP contribution in [0.25, 0.3) is 0 Å². The standard InChI is InChI=1S/C11H21NO4/c1-3-12-11(2,10(13)14)8-16-7-9-4-5-15-6-9/h9,12H,3-8H2,1-2H3,(H,13,14). The summed E-state index contributed by atoms with van der Waals surface area (Å²) in [6, 6.07) is 0. The fourth-order valence-corrected chi connectivity index (χ4v) is 1.72. The number of carboxylic acid groups (broad SMARTS) is 1. The molecule has 1 saturated heterocycles. The van der Waals surface area contributed by atoms with Crippen LogP contribution in [0.4, 0.5) is 0 Å². The average Bonchev–Trinajstić information content (AvgIpc) is 2.70. The summed E-state index contributed by atoms with van der Waals surface area (Å²) in [6.07, 6.45) is 1.00. The Morgan fingerprint density at radius 3 is 2.94 bits per heavy atom. The van der Waals surface area contributed by atoms with Crippen molar-refractivity contribution in [2.45, 2.75) is 25.8 Å². The fraction of sp³-hybridized carbons (Fsp3) is 0.909. The first-order chi connectivity index (χ1) is 7.58. The molecule has 5 nitrogen and oxygen atoms in total. The number of carboxylic acids is 1. The lowest BCUT2D eigenvalue weighted by Gasteiger charge is -2.26. The molecule has 2 atom stereocenters. The maximum Gasteiger partial charge on any atom is 0.326 e. The highest BCUT2D eigenvalue weighted by molar-refractivity contribution is 5.78. The molecule has 0 saturated carbocycles. The number of carbonyl (C=O) groups is 1. The van der Waals surface area contributed by atoms with E-state index in [4.69, 9.17) is 14.6 Å². The molecule has 0 aromatic heterocycles. The number of aliphatic carboxylic acids is 1. The van der Waals surface area contributed by atoms with Crippen molar-refractivity contribution in [1.29, 1.82) is 0 Å². The van der Waals surface area contributed by atoms with Gasteiger partial charge in [-0.3, -0.25) is 4.79 Å². The summed E-state index contributed by atoms with van der Waals surface area (Å²) < 4.78 is 10.7. The molecule has 1 fully saturated rings. The fourth-order valence-electron chi connectivity index (χ4n) is 1.72. The minimum atomic E-state index is -0.992. The minimum absolute atomic E-state index is 0.187. The third-order valence-corrected chi connectivity index (χ3v) is 2.81. The molecule has 0 spiro atoms. The van der Waals surface area contributed by atoms with Gasteiger partial charge in [-0.1, -0.05) is 6.92 Å². The Hall–Kier alpha value is -0.650. The second-order valence-corrected chi connectivity index (χ2v) is 4.41. The molecule has 1 aliphatic rings. The summed E-state index contributed by atoms with van der Waals surface area (Å²) in [7, 11) is 0. The Kier molecular flexibility index (Phi) is 5.18. The normalized spacial score (nSPS) is 24.2. The van der Waals surface area contributed by atoms with Crippen molar-refractivity contribution in [1.82, 2.24) is 5.32 Å². The molecule has 1 rings (SSSR count). The molecule has 0 aromatic rings. The van der Waals surface area contributed by atoms with E-state index in [-0.39, 0.29) is 6.61 Å². The zero-order chi connectivity index (χ0) is 12.0. The largest absolute Gasteiger partial charge is 0.480 e. The third kappa shape index (κ3) is 3.73. The van der Waals surface area contributed by atoms with E-state index in [1.807, 2.05) is 6.92 Å². The van der Waals surface area contributed by atoms with E-state index >= 15 is 0 Å². The van der Waals surface area contributed by atoms with Crippen LogP contribution in [0.15, 0.2) is 0 Å². The first-order valence-electron chi connectivity index (χ1n) is 5.72. The Morgan fingerprint density at radius 2 is 2.44 bits per heavy atom. The number of ether oxygens (including phenoxy) is 2. The molecule has 0 bridgehead atoms. The van der Waals surface area contributed by atoms with Crippen LogP contribution in [0.5, 0.6) is 0 Å². The predicted molar refractivity (Wildman–Crippen MR) is 59.5 cm³/mol. The molecule has 16 heavy (non-hydrogen) atoms. The van der Waals surface area contributed by atoms with Gasteiger partial charge in [0.2, 0.25) is 0 Å². The maximum absolute atomic E-state index is 11.1. The van der Waals surface area contributed by atoms with E-state index in [2.05, 4.69) is 5.32 Å². The molecule has 2 unspecified atom stereocenters. The molecule has 94 valence electrons. The number of nitrogens with one attached hydrogen (secondary N) is 1. The molecule has 0 radical (unpaired) electrons. The van der Waals surface area contributed by atoms with Crippen molar-refractivity contribution in [3.05, 3.63) is 0 Å². The van der Waals surface area contributed by atoms with Gasteiger partial charge in [-0.05, 0) is 19.9 Å². The van der Waals surface area contributed by atoms with Crippen LogP contribution in [0.2, 0.25) is 0 Å². The second kappa shape index (κ2) is 6.18. The van der Waals surface area contributed by atoms with Gasteiger partial charge in [-0.15, -0.1) is 0 Å². The quantitative estimate of drug-likeness (QED) is 0.667. The van der Waals surface area contributed by atoms with Crippen LogP contribution in [0, 0.1) is 5.92 Å². The summed E-state index contributed by atoms with van der Waals surface area (Å²) in [4.78, 5) is 11.1. The molecule has 2 N–H and O–H groups in total. The first kappa shape index (κ1) is 13.4.